The highest BCUT2D eigenvalue weighted by Gasteiger charge is 2.27. The van der Waals surface area contributed by atoms with Gasteiger partial charge in [0, 0.05) is 5.41 Å². The minimum atomic E-state index is -0.0551. The first-order chi connectivity index (χ1) is 6.34. The van der Waals surface area contributed by atoms with Gasteiger partial charge in [-0.3, -0.25) is 4.79 Å². The number of hydrogen-bond donors (Lipinski definition) is 0. The van der Waals surface area contributed by atoms with Crippen LogP contribution in [0.1, 0.15) is 41.0 Å². The minimum absolute atomic E-state index is 0.0551. The van der Waals surface area contributed by atoms with E-state index in [-0.39, 0.29) is 11.2 Å². The van der Waals surface area contributed by atoms with E-state index in [4.69, 9.17) is 0 Å². The molecule has 14 heavy (non-hydrogen) atoms. The SMILES string of the molecule is C=C(C)C(C)(/C=C/C(C)=O)C(C)CC. The van der Waals surface area contributed by atoms with Crippen LogP contribution < -0.4 is 0 Å². The van der Waals surface area contributed by atoms with Crippen LogP contribution in [0.5, 0.6) is 0 Å². The lowest BCUT2D eigenvalue weighted by atomic mass is 9.72. The molecule has 2 unspecified atom stereocenters. The van der Waals surface area contributed by atoms with Crippen LogP contribution in [0, 0.1) is 11.3 Å². The van der Waals surface area contributed by atoms with Crippen molar-refractivity contribution >= 4 is 5.78 Å². The summed E-state index contributed by atoms with van der Waals surface area (Å²) in [5, 5.41) is 0. The maximum Gasteiger partial charge on any atom is 0.152 e. The van der Waals surface area contributed by atoms with Gasteiger partial charge in [-0.2, -0.15) is 0 Å². The van der Waals surface area contributed by atoms with E-state index in [0.717, 1.165) is 12.0 Å². The van der Waals surface area contributed by atoms with Crippen molar-refractivity contribution in [1.29, 1.82) is 0 Å². The first-order valence-corrected chi connectivity index (χ1v) is 5.20. The summed E-state index contributed by atoms with van der Waals surface area (Å²) >= 11 is 0. The molecule has 0 aromatic rings. The number of carbonyl (C=O) groups excluding carboxylic acids is 1. The summed E-state index contributed by atoms with van der Waals surface area (Å²) < 4.78 is 0. The second-order valence-corrected chi connectivity index (χ2v) is 4.32. The summed E-state index contributed by atoms with van der Waals surface area (Å²) in [5.41, 5.74) is 1.06. The molecule has 0 aromatic carbocycles. The molecule has 1 heteroatoms. The Kier molecular flexibility index (Phi) is 4.82. The standard InChI is InChI=1S/C13H22O/c1-7-11(4)13(6,10(2)3)9-8-12(5)14/h8-9,11H,2,7H2,1,3-6H3/b9-8+. The van der Waals surface area contributed by atoms with E-state index < -0.39 is 0 Å². The summed E-state index contributed by atoms with van der Waals surface area (Å²) in [7, 11) is 0. The van der Waals surface area contributed by atoms with Gasteiger partial charge >= 0.3 is 0 Å². The van der Waals surface area contributed by atoms with Gasteiger partial charge in [0.2, 0.25) is 0 Å². The molecule has 0 saturated heterocycles. The summed E-state index contributed by atoms with van der Waals surface area (Å²) in [6.07, 6.45) is 4.73. The molecule has 1 nitrogen and oxygen atoms in total. The van der Waals surface area contributed by atoms with E-state index in [1.54, 1.807) is 13.0 Å². The van der Waals surface area contributed by atoms with Crippen molar-refractivity contribution < 1.29 is 4.79 Å². The third kappa shape index (κ3) is 3.13. The first-order valence-electron chi connectivity index (χ1n) is 5.20. The lowest BCUT2D eigenvalue weighted by molar-refractivity contribution is -0.112. The summed E-state index contributed by atoms with van der Waals surface area (Å²) in [5.74, 6) is 0.608. The summed E-state index contributed by atoms with van der Waals surface area (Å²) in [6, 6.07) is 0. The van der Waals surface area contributed by atoms with Crippen LogP contribution >= 0.6 is 0 Å². The highest BCUT2D eigenvalue weighted by Crippen LogP contribution is 2.37. The Bertz CT molecular complexity index is 250. The molecule has 0 rings (SSSR count). The van der Waals surface area contributed by atoms with Crippen LogP contribution in [0.25, 0.3) is 0 Å². The Hall–Kier alpha value is -0.850. The Labute approximate surface area is 87.9 Å². The van der Waals surface area contributed by atoms with Gasteiger partial charge in [-0.25, -0.2) is 0 Å². The number of carbonyl (C=O) groups is 1. The molecule has 0 spiro atoms. The smallest absolute Gasteiger partial charge is 0.152 e. The van der Waals surface area contributed by atoms with Gasteiger partial charge in [0.25, 0.3) is 0 Å². The molecule has 0 radical (unpaired) electrons. The van der Waals surface area contributed by atoms with E-state index >= 15 is 0 Å². The molecule has 0 saturated carbocycles. The predicted octanol–water partition coefficient (Wildman–Crippen LogP) is 3.76. The Morgan fingerprint density at radius 2 is 2.00 bits per heavy atom. The molecule has 0 N–H and O–H groups in total. The van der Waals surface area contributed by atoms with Gasteiger partial charge < -0.3 is 0 Å². The maximum absolute atomic E-state index is 10.9. The van der Waals surface area contributed by atoms with Crippen molar-refractivity contribution in [3.63, 3.8) is 0 Å². The van der Waals surface area contributed by atoms with Crippen molar-refractivity contribution in [2.45, 2.75) is 41.0 Å². The predicted molar refractivity (Wildman–Crippen MR) is 62.2 cm³/mol. The lowest BCUT2D eigenvalue weighted by Gasteiger charge is -2.33. The van der Waals surface area contributed by atoms with Crippen LogP contribution in [0.15, 0.2) is 24.3 Å². The van der Waals surface area contributed by atoms with Crippen LogP contribution in [-0.4, -0.2) is 5.78 Å². The zero-order valence-corrected chi connectivity index (χ0v) is 10.1. The normalized spacial score (nSPS) is 17.8. The van der Waals surface area contributed by atoms with Crippen LogP contribution in [0.4, 0.5) is 0 Å². The molecule has 0 aliphatic heterocycles. The molecular weight excluding hydrogens is 172 g/mol. The van der Waals surface area contributed by atoms with Crippen LogP contribution in [0.2, 0.25) is 0 Å². The van der Waals surface area contributed by atoms with E-state index in [1.807, 2.05) is 13.0 Å². The molecule has 0 heterocycles. The highest BCUT2D eigenvalue weighted by molar-refractivity contribution is 5.87. The van der Waals surface area contributed by atoms with Gasteiger partial charge in [0.05, 0.1) is 0 Å². The van der Waals surface area contributed by atoms with Crippen molar-refractivity contribution in [3.8, 4) is 0 Å². The van der Waals surface area contributed by atoms with E-state index in [0.29, 0.717) is 5.92 Å². The quantitative estimate of drug-likeness (QED) is 0.481. The molecule has 0 aliphatic carbocycles. The molecule has 0 fully saturated rings. The third-order valence-corrected chi connectivity index (χ3v) is 3.22. The van der Waals surface area contributed by atoms with Crippen molar-refractivity contribution in [3.05, 3.63) is 24.3 Å². The average molecular weight is 194 g/mol. The second kappa shape index (κ2) is 5.14. The number of ketones is 1. The first kappa shape index (κ1) is 13.2. The fourth-order valence-corrected chi connectivity index (χ4v) is 1.44. The van der Waals surface area contributed by atoms with E-state index in [2.05, 4.69) is 27.4 Å². The molecule has 0 aliphatic rings. The van der Waals surface area contributed by atoms with Gasteiger partial charge in [0.1, 0.15) is 0 Å². The van der Waals surface area contributed by atoms with E-state index in [9.17, 15) is 4.79 Å². The molecule has 0 aromatic heterocycles. The summed E-state index contributed by atoms with van der Waals surface area (Å²) in [4.78, 5) is 10.9. The Morgan fingerprint density at radius 1 is 1.50 bits per heavy atom. The van der Waals surface area contributed by atoms with Gasteiger partial charge in [-0.05, 0) is 25.8 Å². The lowest BCUT2D eigenvalue weighted by Crippen LogP contribution is -2.23. The van der Waals surface area contributed by atoms with Crippen LogP contribution in [0.3, 0.4) is 0 Å². The third-order valence-electron chi connectivity index (χ3n) is 3.22. The average Bonchev–Trinajstić information content (AvgIpc) is 2.12. The monoisotopic (exact) mass is 194 g/mol. The molecule has 0 amide bonds. The van der Waals surface area contributed by atoms with Crippen molar-refractivity contribution in [2.24, 2.45) is 11.3 Å². The van der Waals surface area contributed by atoms with Crippen molar-refractivity contribution in [1.82, 2.24) is 0 Å². The zero-order chi connectivity index (χ0) is 11.4. The van der Waals surface area contributed by atoms with Crippen LogP contribution in [-0.2, 0) is 4.79 Å². The van der Waals surface area contributed by atoms with Gasteiger partial charge in [-0.1, -0.05) is 45.4 Å². The number of allylic oxidation sites excluding steroid dienone is 3. The minimum Gasteiger partial charge on any atom is -0.295 e. The highest BCUT2D eigenvalue weighted by atomic mass is 16.1. The molecule has 2 atom stereocenters. The van der Waals surface area contributed by atoms with Gasteiger partial charge in [0.15, 0.2) is 5.78 Å². The summed E-state index contributed by atoms with van der Waals surface area (Å²) in [6.45, 7) is 14.1. The maximum atomic E-state index is 10.9. The Balaban J connectivity index is 4.91. The molecular formula is C13H22O. The fourth-order valence-electron chi connectivity index (χ4n) is 1.44. The number of rotatable bonds is 5. The Morgan fingerprint density at radius 3 is 2.29 bits per heavy atom. The molecule has 80 valence electrons. The molecule has 0 bridgehead atoms. The van der Waals surface area contributed by atoms with Crippen molar-refractivity contribution in [2.75, 3.05) is 0 Å². The number of hydrogen-bond acceptors (Lipinski definition) is 1. The largest absolute Gasteiger partial charge is 0.295 e. The van der Waals surface area contributed by atoms with Gasteiger partial charge in [-0.15, -0.1) is 0 Å². The topological polar surface area (TPSA) is 17.1 Å². The fraction of sp³-hybridized carbons (Fsp3) is 0.615. The van der Waals surface area contributed by atoms with E-state index in [1.165, 1.54) is 0 Å². The second-order valence-electron chi connectivity index (χ2n) is 4.32. The zero-order valence-electron chi connectivity index (χ0n) is 10.1.